The van der Waals surface area contributed by atoms with Gasteiger partial charge in [-0.05, 0) is 23.3 Å². The van der Waals surface area contributed by atoms with Crippen LogP contribution in [-0.2, 0) is 13.2 Å². The molecule has 0 heterocycles. The van der Waals surface area contributed by atoms with Gasteiger partial charge >= 0.3 is 0 Å². The third-order valence-electron chi connectivity index (χ3n) is 2.64. The van der Waals surface area contributed by atoms with E-state index in [4.69, 9.17) is 9.84 Å². The molecular weight excluding hydrogens is 265 g/mol. The van der Waals surface area contributed by atoms with Crippen LogP contribution in [0.3, 0.4) is 0 Å². The summed E-state index contributed by atoms with van der Waals surface area (Å²) in [6.45, 7) is -0.207. The van der Waals surface area contributed by atoms with Gasteiger partial charge in [-0.1, -0.05) is 12.1 Å². The number of rotatable bonds is 5. The standard InChI is InChI=1S/C14H12FNO4/c15-12-4-11(8-17)6-14(7-12)20-9-10-2-1-3-13(5-10)16(18)19/h1-7,17H,8-9H2. The highest BCUT2D eigenvalue weighted by Gasteiger charge is 2.07. The van der Waals surface area contributed by atoms with Crippen LogP contribution in [0.25, 0.3) is 0 Å². The van der Waals surface area contributed by atoms with Crippen LogP contribution in [0, 0.1) is 15.9 Å². The van der Waals surface area contributed by atoms with Crippen molar-refractivity contribution in [3.63, 3.8) is 0 Å². The van der Waals surface area contributed by atoms with Gasteiger partial charge in [0.2, 0.25) is 0 Å². The fourth-order valence-corrected chi connectivity index (χ4v) is 1.72. The quantitative estimate of drug-likeness (QED) is 0.673. The number of hydrogen-bond acceptors (Lipinski definition) is 4. The van der Waals surface area contributed by atoms with Gasteiger partial charge < -0.3 is 9.84 Å². The molecule has 0 fully saturated rings. The number of benzene rings is 2. The maximum absolute atomic E-state index is 13.2. The van der Waals surface area contributed by atoms with Crippen molar-refractivity contribution in [1.82, 2.24) is 0 Å². The summed E-state index contributed by atoms with van der Waals surface area (Å²) in [5, 5.41) is 19.6. The number of ether oxygens (including phenoxy) is 1. The summed E-state index contributed by atoms with van der Waals surface area (Å²) < 4.78 is 18.6. The molecule has 0 radical (unpaired) electrons. The third-order valence-corrected chi connectivity index (χ3v) is 2.64. The average molecular weight is 277 g/mol. The zero-order chi connectivity index (χ0) is 14.5. The van der Waals surface area contributed by atoms with Crippen LogP contribution in [0.2, 0.25) is 0 Å². The van der Waals surface area contributed by atoms with Crippen molar-refractivity contribution in [2.24, 2.45) is 0 Å². The van der Waals surface area contributed by atoms with Crippen LogP contribution < -0.4 is 4.74 Å². The van der Waals surface area contributed by atoms with Crippen molar-refractivity contribution in [3.05, 3.63) is 69.5 Å². The number of aliphatic hydroxyl groups excluding tert-OH is 1. The Bertz CT molecular complexity index is 630. The summed E-state index contributed by atoms with van der Waals surface area (Å²) in [6.07, 6.45) is 0. The molecule has 0 aliphatic heterocycles. The molecule has 0 unspecified atom stereocenters. The van der Waals surface area contributed by atoms with E-state index in [0.29, 0.717) is 11.1 Å². The van der Waals surface area contributed by atoms with E-state index in [1.165, 1.54) is 30.3 Å². The zero-order valence-electron chi connectivity index (χ0n) is 10.5. The Hall–Kier alpha value is -2.47. The molecule has 0 spiro atoms. The minimum Gasteiger partial charge on any atom is -0.489 e. The molecule has 0 aliphatic rings. The van der Waals surface area contributed by atoms with E-state index in [0.717, 1.165) is 0 Å². The number of hydrogen-bond donors (Lipinski definition) is 1. The van der Waals surface area contributed by atoms with E-state index in [9.17, 15) is 14.5 Å². The second kappa shape index (κ2) is 6.12. The number of aliphatic hydroxyl groups is 1. The van der Waals surface area contributed by atoms with E-state index >= 15 is 0 Å². The fourth-order valence-electron chi connectivity index (χ4n) is 1.72. The van der Waals surface area contributed by atoms with Crippen LogP contribution >= 0.6 is 0 Å². The minimum atomic E-state index is -0.509. The maximum Gasteiger partial charge on any atom is 0.269 e. The van der Waals surface area contributed by atoms with Gasteiger partial charge in [-0.25, -0.2) is 4.39 Å². The highest BCUT2D eigenvalue weighted by atomic mass is 19.1. The lowest BCUT2D eigenvalue weighted by atomic mass is 10.2. The summed E-state index contributed by atoms with van der Waals surface area (Å²) in [5.41, 5.74) is 0.981. The van der Waals surface area contributed by atoms with Crippen molar-refractivity contribution in [3.8, 4) is 5.75 Å². The Labute approximate surface area is 114 Å². The monoisotopic (exact) mass is 277 g/mol. The van der Waals surface area contributed by atoms with E-state index in [-0.39, 0.29) is 24.7 Å². The molecule has 5 nitrogen and oxygen atoms in total. The molecule has 0 bridgehead atoms. The van der Waals surface area contributed by atoms with Crippen LogP contribution in [0.15, 0.2) is 42.5 Å². The highest BCUT2D eigenvalue weighted by Crippen LogP contribution is 2.19. The third kappa shape index (κ3) is 3.52. The summed E-state index contributed by atoms with van der Waals surface area (Å²) >= 11 is 0. The van der Waals surface area contributed by atoms with E-state index in [2.05, 4.69) is 0 Å². The summed E-state index contributed by atoms with van der Waals surface area (Å²) in [5.74, 6) is -0.244. The van der Waals surface area contributed by atoms with Crippen LogP contribution in [0.5, 0.6) is 5.75 Å². The van der Waals surface area contributed by atoms with Crippen molar-refractivity contribution >= 4 is 5.69 Å². The lowest BCUT2D eigenvalue weighted by Gasteiger charge is -2.08. The molecule has 104 valence electrons. The molecule has 2 aromatic carbocycles. The van der Waals surface area contributed by atoms with Gasteiger partial charge in [0.1, 0.15) is 18.2 Å². The molecule has 2 aromatic rings. The van der Waals surface area contributed by atoms with Gasteiger partial charge in [-0.15, -0.1) is 0 Å². The minimum absolute atomic E-state index is 0.0265. The Kier molecular flexibility index (Phi) is 4.27. The van der Waals surface area contributed by atoms with Gasteiger partial charge in [0, 0.05) is 18.2 Å². The first-order valence-electron chi connectivity index (χ1n) is 5.85. The summed E-state index contributed by atoms with van der Waals surface area (Å²) in [6, 6.07) is 9.93. The number of nitro benzene ring substituents is 1. The van der Waals surface area contributed by atoms with Crippen LogP contribution in [0.1, 0.15) is 11.1 Å². The molecule has 20 heavy (non-hydrogen) atoms. The lowest BCUT2D eigenvalue weighted by molar-refractivity contribution is -0.384. The van der Waals surface area contributed by atoms with Crippen molar-refractivity contribution in [2.75, 3.05) is 0 Å². The molecule has 2 rings (SSSR count). The fraction of sp³-hybridized carbons (Fsp3) is 0.143. The highest BCUT2D eigenvalue weighted by molar-refractivity contribution is 5.34. The normalized spacial score (nSPS) is 10.3. The largest absolute Gasteiger partial charge is 0.489 e. The van der Waals surface area contributed by atoms with Crippen molar-refractivity contribution in [2.45, 2.75) is 13.2 Å². The van der Waals surface area contributed by atoms with E-state index in [1.54, 1.807) is 12.1 Å². The van der Waals surface area contributed by atoms with Crippen molar-refractivity contribution in [1.29, 1.82) is 0 Å². The summed E-state index contributed by atoms with van der Waals surface area (Å²) in [4.78, 5) is 10.2. The topological polar surface area (TPSA) is 72.6 Å². The molecule has 0 aromatic heterocycles. The van der Waals surface area contributed by atoms with Gasteiger partial charge in [0.15, 0.2) is 0 Å². The van der Waals surface area contributed by atoms with E-state index in [1.807, 2.05) is 0 Å². The number of non-ortho nitro benzene ring substituents is 1. The first-order valence-corrected chi connectivity index (χ1v) is 5.85. The first-order chi connectivity index (χ1) is 9.58. The Morgan fingerprint density at radius 1 is 1.20 bits per heavy atom. The summed E-state index contributed by atoms with van der Waals surface area (Å²) in [7, 11) is 0. The number of nitro groups is 1. The second-order valence-electron chi connectivity index (χ2n) is 4.17. The first kappa shape index (κ1) is 14.0. The van der Waals surface area contributed by atoms with Crippen LogP contribution in [-0.4, -0.2) is 10.0 Å². The van der Waals surface area contributed by atoms with Crippen molar-refractivity contribution < 1.29 is 19.2 Å². The van der Waals surface area contributed by atoms with Gasteiger partial charge in [-0.2, -0.15) is 0 Å². The molecule has 0 saturated carbocycles. The second-order valence-corrected chi connectivity index (χ2v) is 4.17. The van der Waals surface area contributed by atoms with Crippen LogP contribution in [0.4, 0.5) is 10.1 Å². The predicted molar refractivity (Wildman–Crippen MR) is 69.8 cm³/mol. The molecule has 1 N–H and O–H groups in total. The Balaban J connectivity index is 2.10. The molecule has 0 saturated heterocycles. The number of nitrogens with zero attached hydrogens (tertiary/aromatic N) is 1. The molecular formula is C14H12FNO4. The Morgan fingerprint density at radius 3 is 2.70 bits per heavy atom. The molecule has 0 aliphatic carbocycles. The Morgan fingerprint density at radius 2 is 2.00 bits per heavy atom. The van der Waals surface area contributed by atoms with Gasteiger partial charge in [0.25, 0.3) is 5.69 Å². The zero-order valence-corrected chi connectivity index (χ0v) is 10.5. The molecule has 0 atom stereocenters. The SMILES string of the molecule is O=[N+]([O-])c1cccc(COc2cc(F)cc(CO)c2)c1. The van der Waals surface area contributed by atoms with E-state index < -0.39 is 10.7 Å². The molecule has 0 amide bonds. The van der Waals surface area contributed by atoms with Gasteiger partial charge in [-0.3, -0.25) is 10.1 Å². The number of halogens is 1. The lowest BCUT2D eigenvalue weighted by Crippen LogP contribution is -1.98. The molecule has 6 heteroatoms. The average Bonchev–Trinajstić information content (AvgIpc) is 2.44. The predicted octanol–water partition coefficient (Wildman–Crippen LogP) is 2.81. The smallest absolute Gasteiger partial charge is 0.269 e. The van der Waals surface area contributed by atoms with Gasteiger partial charge in [0.05, 0.1) is 11.5 Å². The maximum atomic E-state index is 13.2.